The number of methoxy groups -OCH3 is 1. The van der Waals surface area contributed by atoms with Crippen molar-refractivity contribution in [2.24, 2.45) is 0 Å². The van der Waals surface area contributed by atoms with Crippen LogP contribution in [0.1, 0.15) is 34.6 Å². The fourth-order valence-electron chi connectivity index (χ4n) is 3.09. The van der Waals surface area contributed by atoms with Crippen molar-refractivity contribution >= 4 is 34.7 Å². The number of carbonyl (C=O) groups is 2. The first-order chi connectivity index (χ1) is 13.9. The van der Waals surface area contributed by atoms with Crippen molar-refractivity contribution in [3.63, 3.8) is 0 Å². The molecule has 2 aromatic heterocycles. The maximum absolute atomic E-state index is 12.6. The van der Waals surface area contributed by atoms with Gasteiger partial charge in [0.1, 0.15) is 17.1 Å². The Kier molecular flexibility index (Phi) is 6.39. The standard InChI is InChI=1S/C21H23ClN4O3/c1-13-6-5-11-26-19(14(2)24-20(13)26)21(28)23-10-4-7-18(27)25-15-8-9-17(29-3)16(22)12-15/h5-6,8-9,11-12H,4,7,10H2,1-3H3,(H,23,28)(H,25,27). The normalized spacial score (nSPS) is 10.8. The van der Waals surface area contributed by atoms with Crippen LogP contribution in [-0.2, 0) is 4.79 Å². The van der Waals surface area contributed by atoms with E-state index in [1.54, 1.807) is 22.6 Å². The van der Waals surface area contributed by atoms with Crippen LogP contribution in [0, 0.1) is 13.8 Å². The lowest BCUT2D eigenvalue weighted by Crippen LogP contribution is -2.27. The molecule has 0 saturated carbocycles. The first-order valence-electron chi connectivity index (χ1n) is 9.26. The second-order valence-corrected chi connectivity index (χ2v) is 7.09. The zero-order chi connectivity index (χ0) is 21.0. The summed E-state index contributed by atoms with van der Waals surface area (Å²) in [5.41, 5.74) is 3.56. The molecule has 0 bridgehead atoms. The van der Waals surface area contributed by atoms with E-state index in [2.05, 4.69) is 15.6 Å². The SMILES string of the molecule is COc1ccc(NC(=O)CCCNC(=O)c2c(C)nc3c(C)cccn23)cc1Cl. The predicted molar refractivity (Wildman–Crippen MR) is 113 cm³/mol. The number of hydrogen-bond donors (Lipinski definition) is 2. The highest BCUT2D eigenvalue weighted by Gasteiger charge is 2.17. The fourth-order valence-corrected chi connectivity index (χ4v) is 3.35. The van der Waals surface area contributed by atoms with Crippen LogP contribution < -0.4 is 15.4 Å². The molecule has 152 valence electrons. The largest absolute Gasteiger partial charge is 0.495 e. The van der Waals surface area contributed by atoms with E-state index < -0.39 is 0 Å². The van der Waals surface area contributed by atoms with Gasteiger partial charge < -0.3 is 15.4 Å². The number of benzene rings is 1. The van der Waals surface area contributed by atoms with E-state index in [0.717, 1.165) is 11.2 Å². The predicted octanol–water partition coefficient (Wildman–Crippen LogP) is 3.76. The summed E-state index contributed by atoms with van der Waals surface area (Å²) < 4.78 is 6.88. The smallest absolute Gasteiger partial charge is 0.270 e. The number of ether oxygens (including phenoxy) is 1. The second kappa shape index (κ2) is 8.96. The Bertz CT molecular complexity index is 1060. The molecule has 2 N–H and O–H groups in total. The Hall–Kier alpha value is -3.06. The van der Waals surface area contributed by atoms with Crippen molar-refractivity contribution in [1.29, 1.82) is 0 Å². The van der Waals surface area contributed by atoms with E-state index in [1.807, 2.05) is 32.2 Å². The number of anilines is 1. The molecule has 0 saturated heterocycles. The number of carbonyl (C=O) groups excluding carboxylic acids is 2. The molecule has 8 heteroatoms. The van der Waals surface area contributed by atoms with Gasteiger partial charge in [0.05, 0.1) is 17.8 Å². The van der Waals surface area contributed by atoms with Gasteiger partial charge >= 0.3 is 0 Å². The minimum atomic E-state index is -0.206. The van der Waals surface area contributed by atoms with Crippen molar-refractivity contribution in [3.05, 3.63) is 58.5 Å². The zero-order valence-electron chi connectivity index (χ0n) is 16.6. The number of rotatable bonds is 7. The van der Waals surface area contributed by atoms with Gasteiger partial charge in [0.15, 0.2) is 0 Å². The number of nitrogens with zero attached hydrogens (tertiary/aromatic N) is 2. The highest BCUT2D eigenvalue weighted by molar-refractivity contribution is 6.32. The molecule has 0 fully saturated rings. The Morgan fingerprint density at radius 3 is 2.76 bits per heavy atom. The lowest BCUT2D eigenvalue weighted by atomic mass is 10.2. The van der Waals surface area contributed by atoms with Crippen LogP contribution in [0.4, 0.5) is 5.69 Å². The molecule has 2 amide bonds. The molecular formula is C21H23ClN4O3. The van der Waals surface area contributed by atoms with Gasteiger partial charge in [-0.25, -0.2) is 4.98 Å². The molecular weight excluding hydrogens is 392 g/mol. The lowest BCUT2D eigenvalue weighted by Gasteiger charge is -2.09. The quantitative estimate of drug-likeness (QED) is 0.576. The third-order valence-corrected chi connectivity index (χ3v) is 4.83. The van der Waals surface area contributed by atoms with Crippen molar-refractivity contribution < 1.29 is 14.3 Å². The molecule has 2 heterocycles. The van der Waals surface area contributed by atoms with Gasteiger partial charge in [-0.1, -0.05) is 17.7 Å². The number of imidazole rings is 1. The summed E-state index contributed by atoms with van der Waals surface area (Å²) >= 11 is 6.06. The zero-order valence-corrected chi connectivity index (χ0v) is 17.3. The van der Waals surface area contributed by atoms with Crippen LogP contribution in [0.2, 0.25) is 5.02 Å². The van der Waals surface area contributed by atoms with Crippen molar-refractivity contribution in [2.45, 2.75) is 26.7 Å². The van der Waals surface area contributed by atoms with Crippen LogP contribution in [0.15, 0.2) is 36.5 Å². The lowest BCUT2D eigenvalue weighted by molar-refractivity contribution is -0.116. The number of hydrogen-bond acceptors (Lipinski definition) is 4. The van der Waals surface area contributed by atoms with E-state index in [4.69, 9.17) is 16.3 Å². The highest BCUT2D eigenvalue weighted by Crippen LogP contribution is 2.27. The average Bonchev–Trinajstić information content (AvgIpc) is 3.03. The molecule has 1 aromatic carbocycles. The summed E-state index contributed by atoms with van der Waals surface area (Å²) in [6.45, 7) is 4.15. The Balaban J connectivity index is 1.51. The van der Waals surface area contributed by atoms with Gasteiger partial charge in [0, 0.05) is 24.8 Å². The summed E-state index contributed by atoms with van der Waals surface area (Å²) in [5, 5.41) is 6.07. The molecule has 0 unspecified atom stereocenters. The molecule has 0 atom stereocenters. The number of pyridine rings is 1. The molecule has 29 heavy (non-hydrogen) atoms. The van der Waals surface area contributed by atoms with E-state index in [9.17, 15) is 9.59 Å². The molecule has 0 aliphatic heterocycles. The number of aromatic nitrogens is 2. The monoisotopic (exact) mass is 414 g/mol. The molecule has 0 aliphatic carbocycles. The topological polar surface area (TPSA) is 84.7 Å². The van der Waals surface area contributed by atoms with Gasteiger partial charge in [-0.2, -0.15) is 0 Å². The maximum atomic E-state index is 12.6. The van der Waals surface area contributed by atoms with Crippen LogP contribution in [0.5, 0.6) is 5.75 Å². The molecule has 3 rings (SSSR count). The second-order valence-electron chi connectivity index (χ2n) is 6.69. The first kappa shape index (κ1) is 20.7. The van der Waals surface area contributed by atoms with Gasteiger partial charge in [-0.3, -0.25) is 14.0 Å². The fraction of sp³-hybridized carbons (Fsp3) is 0.286. The minimum Gasteiger partial charge on any atom is -0.495 e. The Morgan fingerprint density at radius 1 is 1.24 bits per heavy atom. The summed E-state index contributed by atoms with van der Waals surface area (Å²) in [7, 11) is 1.53. The van der Waals surface area contributed by atoms with Crippen molar-refractivity contribution in [1.82, 2.24) is 14.7 Å². The first-order valence-corrected chi connectivity index (χ1v) is 9.64. The van der Waals surface area contributed by atoms with E-state index in [0.29, 0.717) is 40.8 Å². The molecule has 7 nitrogen and oxygen atoms in total. The summed E-state index contributed by atoms with van der Waals surface area (Å²) in [6, 6.07) is 8.89. The van der Waals surface area contributed by atoms with Gasteiger partial charge in [-0.15, -0.1) is 0 Å². The Labute approximate surface area is 174 Å². The van der Waals surface area contributed by atoms with Crippen LogP contribution in [0.3, 0.4) is 0 Å². The van der Waals surface area contributed by atoms with Crippen molar-refractivity contribution in [3.8, 4) is 5.75 Å². The van der Waals surface area contributed by atoms with E-state index in [1.165, 1.54) is 7.11 Å². The van der Waals surface area contributed by atoms with Crippen LogP contribution in [0.25, 0.3) is 5.65 Å². The number of aryl methyl sites for hydroxylation is 2. The number of fused-ring (bicyclic) bond motifs is 1. The molecule has 0 aliphatic rings. The third kappa shape index (κ3) is 4.68. The molecule has 0 spiro atoms. The van der Waals surface area contributed by atoms with Crippen molar-refractivity contribution in [2.75, 3.05) is 19.0 Å². The minimum absolute atomic E-state index is 0.151. The van der Waals surface area contributed by atoms with Crippen LogP contribution >= 0.6 is 11.6 Å². The van der Waals surface area contributed by atoms with Gasteiger partial charge in [0.2, 0.25) is 5.91 Å². The highest BCUT2D eigenvalue weighted by atomic mass is 35.5. The number of amides is 2. The molecule has 0 radical (unpaired) electrons. The summed E-state index contributed by atoms with van der Waals surface area (Å²) in [4.78, 5) is 29.2. The Morgan fingerprint density at radius 2 is 2.03 bits per heavy atom. The van der Waals surface area contributed by atoms with Gasteiger partial charge in [0.25, 0.3) is 5.91 Å². The molecule has 3 aromatic rings. The third-order valence-electron chi connectivity index (χ3n) is 4.54. The summed E-state index contributed by atoms with van der Waals surface area (Å²) in [6.07, 6.45) is 2.61. The summed E-state index contributed by atoms with van der Waals surface area (Å²) in [5.74, 6) is 0.190. The van der Waals surface area contributed by atoms with E-state index >= 15 is 0 Å². The van der Waals surface area contributed by atoms with E-state index in [-0.39, 0.29) is 18.2 Å². The van der Waals surface area contributed by atoms with Crippen LogP contribution in [-0.4, -0.2) is 34.9 Å². The number of nitrogens with one attached hydrogen (secondary N) is 2. The maximum Gasteiger partial charge on any atom is 0.270 e. The average molecular weight is 415 g/mol. The van der Waals surface area contributed by atoms with Gasteiger partial charge in [-0.05, 0) is 50.1 Å². The number of halogens is 1.